The van der Waals surface area contributed by atoms with E-state index in [1.54, 1.807) is 0 Å². The van der Waals surface area contributed by atoms with Crippen LogP contribution in [0.4, 0.5) is 10.1 Å². The van der Waals surface area contributed by atoms with E-state index in [0.29, 0.717) is 37.7 Å². The van der Waals surface area contributed by atoms with E-state index in [0.717, 1.165) is 22.9 Å². The molecule has 1 aliphatic rings. The first-order chi connectivity index (χ1) is 16.8. The third-order valence-electron chi connectivity index (χ3n) is 5.59. The number of hydrogen-bond acceptors (Lipinski definition) is 5. The number of anilines is 1. The van der Waals surface area contributed by atoms with Crippen molar-refractivity contribution < 1.29 is 27.1 Å². The lowest BCUT2D eigenvalue weighted by molar-refractivity contribution is -0.119. The highest BCUT2D eigenvalue weighted by atomic mass is 32.2. The predicted molar refractivity (Wildman–Crippen MR) is 131 cm³/mol. The molecule has 0 saturated carbocycles. The summed E-state index contributed by atoms with van der Waals surface area (Å²) < 4.78 is 52.5. The van der Waals surface area contributed by atoms with Gasteiger partial charge in [-0.25, -0.2) is 12.8 Å². The molecule has 1 N–H and O–H groups in total. The second-order valence-electron chi connectivity index (χ2n) is 8.23. The summed E-state index contributed by atoms with van der Waals surface area (Å²) in [5.41, 5.74) is 2.53. The van der Waals surface area contributed by atoms with Crippen LogP contribution in [0.3, 0.4) is 0 Å². The van der Waals surface area contributed by atoms with E-state index in [4.69, 9.17) is 9.47 Å². The van der Waals surface area contributed by atoms with Crippen LogP contribution in [0, 0.1) is 12.7 Å². The van der Waals surface area contributed by atoms with Crippen molar-refractivity contribution in [2.75, 3.05) is 30.6 Å². The van der Waals surface area contributed by atoms with Gasteiger partial charge >= 0.3 is 0 Å². The lowest BCUT2D eigenvalue weighted by atomic mass is 10.1. The monoisotopic (exact) mass is 498 g/mol. The molecule has 9 heteroatoms. The molecule has 35 heavy (non-hydrogen) atoms. The van der Waals surface area contributed by atoms with Crippen LogP contribution >= 0.6 is 0 Å². The molecule has 3 aromatic carbocycles. The number of ether oxygens (including phenoxy) is 2. The van der Waals surface area contributed by atoms with Crippen molar-refractivity contribution in [2.45, 2.75) is 24.7 Å². The van der Waals surface area contributed by atoms with Crippen molar-refractivity contribution in [3.05, 3.63) is 83.7 Å². The third-order valence-corrected chi connectivity index (χ3v) is 7.36. The van der Waals surface area contributed by atoms with Crippen LogP contribution in [0.2, 0.25) is 0 Å². The van der Waals surface area contributed by atoms with E-state index in [9.17, 15) is 17.6 Å². The molecule has 0 radical (unpaired) electrons. The number of rotatable bonds is 9. The standard InChI is InChI=1S/C26H27FN2O5S/c1-19-4-6-20(7-5-19)3-2-14-28-26(30)18-29(22-10-8-21(27)9-11-22)35(31,32)23-12-13-24-25(17-23)34-16-15-33-24/h4-13,17H,2-3,14-16,18H2,1H3,(H,28,30). The molecule has 0 fully saturated rings. The molecule has 7 nitrogen and oxygen atoms in total. The molecule has 0 atom stereocenters. The third kappa shape index (κ3) is 6.10. The first-order valence-electron chi connectivity index (χ1n) is 11.3. The van der Waals surface area contributed by atoms with Gasteiger partial charge in [-0.3, -0.25) is 9.10 Å². The zero-order valence-corrected chi connectivity index (χ0v) is 20.2. The molecule has 1 amide bonds. The SMILES string of the molecule is Cc1ccc(CCCNC(=O)CN(c2ccc(F)cc2)S(=O)(=O)c2ccc3c(c2)OCCO3)cc1. The van der Waals surface area contributed by atoms with Crippen LogP contribution in [0.25, 0.3) is 0 Å². The summed E-state index contributed by atoms with van der Waals surface area (Å²) >= 11 is 0. The largest absolute Gasteiger partial charge is 0.486 e. The lowest BCUT2D eigenvalue weighted by Gasteiger charge is -2.25. The van der Waals surface area contributed by atoms with Crippen LogP contribution in [0.1, 0.15) is 17.5 Å². The highest BCUT2D eigenvalue weighted by Crippen LogP contribution is 2.34. The summed E-state index contributed by atoms with van der Waals surface area (Å²) in [6, 6.07) is 17.4. The summed E-state index contributed by atoms with van der Waals surface area (Å²) in [6.45, 7) is 2.66. The molecule has 0 saturated heterocycles. The van der Waals surface area contributed by atoms with Crippen LogP contribution in [-0.2, 0) is 21.2 Å². The number of hydrogen-bond donors (Lipinski definition) is 1. The Balaban J connectivity index is 1.48. The fourth-order valence-corrected chi connectivity index (χ4v) is 5.13. The molecular formula is C26H27FN2O5S. The molecule has 0 aromatic heterocycles. The Morgan fingerprint density at radius 1 is 0.971 bits per heavy atom. The van der Waals surface area contributed by atoms with Crippen LogP contribution in [0.5, 0.6) is 11.5 Å². The van der Waals surface area contributed by atoms with Gasteiger partial charge in [0.1, 0.15) is 25.6 Å². The fourth-order valence-electron chi connectivity index (χ4n) is 3.70. The van der Waals surface area contributed by atoms with Crippen LogP contribution in [0.15, 0.2) is 71.6 Å². The van der Waals surface area contributed by atoms with Gasteiger partial charge in [-0.15, -0.1) is 0 Å². The molecule has 4 rings (SSSR count). The minimum atomic E-state index is -4.16. The zero-order chi connectivity index (χ0) is 24.8. The van der Waals surface area contributed by atoms with E-state index < -0.39 is 28.3 Å². The quantitative estimate of drug-likeness (QED) is 0.453. The minimum Gasteiger partial charge on any atom is -0.486 e. The summed E-state index contributed by atoms with van der Waals surface area (Å²) in [7, 11) is -4.16. The fraction of sp³-hybridized carbons (Fsp3) is 0.269. The summed E-state index contributed by atoms with van der Waals surface area (Å²) in [5, 5.41) is 2.79. The van der Waals surface area contributed by atoms with E-state index in [-0.39, 0.29) is 10.6 Å². The summed E-state index contributed by atoms with van der Waals surface area (Å²) in [5.74, 6) is -0.197. The number of aryl methyl sites for hydroxylation is 2. The van der Waals surface area contributed by atoms with Gasteiger partial charge in [-0.1, -0.05) is 29.8 Å². The Bertz CT molecular complexity index is 1280. The van der Waals surface area contributed by atoms with Crippen molar-refractivity contribution >= 4 is 21.6 Å². The first kappa shape index (κ1) is 24.5. The topological polar surface area (TPSA) is 84.9 Å². The average molecular weight is 499 g/mol. The van der Waals surface area contributed by atoms with Gasteiger partial charge in [0.2, 0.25) is 5.91 Å². The Labute approximate surface area is 204 Å². The highest BCUT2D eigenvalue weighted by Gasteiger charge is 2.29. The van der Waals surface area contributed by atoms with Gasteiger partial charge < -0.3 is 14.8 Å². The molecule has 0 bridgehead atoms. The number of nitrogens with zero attached hydrogens (tertiary/aromatic N) is 1. The number of carbonyl (C=O) groups is 1. The maximum absolute atomic E-state index is 13.5. The second kappa shape index (κ2) is 10.8. The Morgan fingerprint density at radius 2 is 1.66 bits per heavy atom. The van der Waals surface area contributed by atoms with E-state index in [2.05, 4.69) is 5.32 Å². The van der Waals surface area contributed by atoms with Crippen molar-refractivity contribution in [3.63, 3.8) is 0 Å². The number of amides is 1. The predicted octanol–water partition coefficient (Wildman–Crippen LogP) is 3.85. The van der Waals surface area contributed by atoms with Gasteiger partial charge in [0, 0.05) is 12.6 Å². The van der Waals surface area contributed by atoms with Gasteiger partial charge in [0.15, 0.2) is 11.5 Å². The number of fused-ring (bicyclic) bond motifs is 1. The van der Waals surface area contributed by atoms with Crippen LogP contribution < -0.4 is 19.1 Å². The molecule has 0 unspecified atom stereocenters. The van der Waals surface area contributed by atoms with E-state index >= 15 is 0 Å². The first-order valence-corrected chi connectivity index (χ1v) is 12.8. The zero-order valence-electron chi connectivity index (χ0n) is 19.4. The number of nitrogens with one attached hydrogen (secondary N) is 1. The normalized spacial score (nSPS) is 12.7. The number of sulfonamides is 1. The molecule has 0 spiro atoms. The van der Waals surface area contributed by atoms with E-state index in [1.165, 1.54) is 41.5 Å². The maximum atomic E-state index is 13.5. The molecule has 0 aliphatic carbocycles. The van der Waals surface area contributed by atoms with Gasteiger partial charge in [-0.05, 0) is 61.7 Å². The van der Waals surface area contributed by atoms with Crippen molar-refractivity contribution in [1.82, 2.24) is 5.32 Å². The van der Waals surface area contributed by atoms with Gasteiger partial charge in [-0.2, -0.15) is 0 Å². The lowest BCUT2D eigenvalue weighted by Crippen LogP contribution is -2.41. The second-order valence-corrected chi connectivity index (χ2v) is 10.1. The maximum Gasteiger partial charge on any atom is 0.264 e. The van der Waals surface area contributed by atoms with Crippen LogP contribution in [-0.4, -0.2) is 40.6 Å². The van der Waals surface area contributed by atoms with Crippen molar-refractivity contribution in [1.29, 1.82) is 0 Å². The molecule has 1 aliphatic heterocycles. The van der Waals surface area contributed by atoms with E-state index in [1.807, 2.05) is 31.2 Å². The average Bonchev–Trinajstić information content (AvgIpc) is 2.86. The molecular weight excluding hydrogens is 471 g/mol. The molecule has 184 valence electrons. The van der Waals surface area contributed by atoms with Gasteiger partial charge in [0.25, 0.3) is 10.0 Å². The summed E-state index contributed by atoms with van der Waals surface area (Å²) in [4.78, 5) is 12.7. The Hall–Kier alpha value is -3.59. The number of halogens is 1. The summed E-state index contributed by atoms with van der Waals surface area (Å²) in [6.07, 6.45) is 1.50. The Kier molecular flexibility index (Phi) is 7.55. The molecule has 1 heterocycles. The van der Waals surface area contributed by atoms with Gasteiger partial charge in [0.05, 0.1) is 10.6 Å². The van der Waals surface area contributed by atoms with Crippen molar-refractivity contribution in [3.8, 4) is 11.5 Å². The van der Waals surface area contributed by atoms with Crippen molar-refractivity contribution in [2.24, 2.45) is 0 Å². The number of benzene rings is 3. The number of carbonyl (C=O) groups excluding carboxylic acids is 1. The highest BCUT2D eigenvalue weighted by molar-refractivity contribution is 7.92. The molecule has 3 aromatic rings. The minimum absolute atomic E-state index is 0.0572. The smallest absolute Gasteiger partial charge is 0.264 e. The Morgan fingerprint density at radius 3 is 2.37 bits per heavy atom.